The van der Waals surface area contributed by atoms with Crippen molar-refractivity contribution in [2.45, 2.75) is 40.3 Å². The molecule has 38 heavy (non-hydrogen) atoms. The van der Waals surface area contributed by atoms with Gasteiger partial charge in [0.05, 0.1) is 17.2 Å². The maximum atomic E-state index is 13.3. The molecule has 8 heteroatoms. The van der Waals surface area contributed by atoms with E-state index in [1.165, 1.54) is 17.3 Å². The van der Waals surface area contributed by atoms with Crippen LogP contribution in [0.2, 0.25) is 0 Å². The van der Waals surface area contributed by atoms with Gasteiger partial charge in [0.15, 0.2) is 28.2 Å². The van der Waals surface area contributed by atoms with Crippen molar-refractivity contribution in [3.05, 3.63) is 82.3 Å². The average molecular weight is 531 g/mol. The Balaban J connectivity index is 1.36. The number of carbonyl (C=O) groups excluding carboxylic acids is 1. The van der Waals surface area contributed by atoms with E-state index in [0.29, 0.717) is 34.8 Å². The molecule has 3 aromatic carbocycles. The van der Waals surface area contributed by atoms with Gasteiger partial charge in [0, 0.05) is 6.04 Å². The first-order valence-electron chi connectivity index (χ1n) is 12.6. The number of rotatable bonds is 8. The smallest absolute Gasteiger partial charge is 0.266 e. The number of aryl methyl sites for hydroxylation is 1. The highest BCUT2D eigenvalue weighted by molar-refractivity contribution is 8.18. The summed E-state index contributed by atoms with van der Waals surface area (Å²) in [5.74, 6) is 2.65. The van der Waals surface area contributed by atoms with Gasteiger partial charge in [-0.3, -0.25) is 9.69 Å². The van der Waals surface area contributed by atoms with Crippen molar-refractivity contribution >= 4 is 34.6 Å². The van der Waals surface area contributed by atoms with Crippen LogP contribution in [0.3, 0.4) is 0 Å². The quantitative estimate of drug-likeness (QED) is 0.301. The third-order valence-corrected chi connectivity index (χ3v) is 6.99. The maximum absolute atomic E-state index is 13.3. The van der Waals surface area contributed by atoms with Gasteiger partial charge in [0.25, 0.3) is 5.91 Å². The zero-order valence-corrected chi connectivity index (χ0v) is 22.7. The van der Waals surface area contributed by atoms with Gasteiger partial charge in [-0.2, -0.15) is 0 Å². The van der Waals surface area contributed by atoms with Crippen LogP contribution in [0.4, 0.5) is 5.69 Å². The summed E-state index contributed by atoms with van der Waals surface area (Å²) in [6.07, 6.45) is 1.88. The van der Waals surface area contributed by atoms with Crippen LogP contribution < -0.4 is 18.9 Å². The summed E-state index contributed by atoms with van der Waals surface area (Å²) >= 11 is 1.38. The number of amidine groups is 1. The molecule has 0 radical (unpaired) electrons. The van der Waals surface area contributed by atoms with Gasteiger partial charge >= 0.3 is 0 Å². The van der Waals surface area contributed by atoms with Crippen molar-refractivity contribution in [1.29, 1.82) is 0 Å². The summed E-state index contributed by atoms with van der Waals surface area (Å²) in [5.41, 5.74) is 3.80. The van der Waals surface area contributed by atoms with E-state index >= 15 is 0 Å². The maximum Gasteiger partial charge on any atom is 0.266 e. The fourth-order valence-electron chi connectivity index (χ4n) is 4.09. The van der Waals surface area contributed by atoms with E-state index in [2.05, 4.69) is 0 Å². The lowest BCUT2D eigenvalue weighted by molar-refractivity contribution is -0.123. The number of amides is 1. The SMILES string of the molecule is CCOc1cc(/C=C2/SC(=Nc3ccc(C)cc3)N(C(C)C)C2=O)ccc1OCc1ccc2c(c1)OCO2. The van der Waals surface area contributed by atoms with Crippen LogP contribution >= 0.6 is 11.8 Å². The van der Waals surface area contributed by atoms with Crippen molar-refractivity contribution in [1.82, 2.24) is 4.90 Å². The Morgan fingerprint density at radius 3 is 2.55 bits per heavy atom. The van der Waals surface area contributed by atoms with Gasteiger partial charge in [-0.15, -0.1) is 0 Å². The average Bonchev–Trinajstić information content (AvgIpc) is 3.49. The molecular formula is C30H30N2O5S. The monoisotopic (exact) mass is 530 g/mol. The first-order chi connectivity index (χ1) is 18.4. The van der Waals surface area contributed by atoms with Gasteiger partial charge in [-0.05, 0) is 93.1 Å². The number of thioether (sulfide) groups is 1. The van der Waals surface area contributed by atoms with E-state index < -0.39 is 0 Å². The molecule has 3 aromatic rings. The second kappa shape index (κ2) is 11.2. The van der Waals surface area contributed by atoms with Crippen molar-refractivity contribution in [3.63, 3.8) is 0 Å². The molecule has 5 rings (SSSR count). The van der Waals surface area contributed by atoms with Crippen molar-refractivity contribution in [2.75, 3.05) is 13.4 Å². The van der Waals surface area contributed by atoms with Crippen LogP contribution in [0, 0.1) is 6.92 Å². The van der Waals surface area contributed by atoms with Crippen molar-refractivity contribution < 1.29 is 23.7 Å². The molecule has 1 saturated heterocycles. The molecule has 1 fully saturated rings. The zero-order chi connectivity index (χ0) is 26.6. The molecule has 0 unspecified atom stereocenters. The van der Waals surface area contributed by atoms with Gasteiger partial charge in [0.1, 0.15) is 6.61 Å². The van der Waals surface area contributed by atoms with Gasteiger partial charge in [0.2, 0.25) is 6.79 Å². The predicted molar refractivity (Wildman–Crippen MR) is 150 cm³/mol. The van der Waals surface area contributed by atoms with Crippen molar-refractivity contribution in [2.24, 2.45) is 4.99 Å². The molecule has 196 valence electrons. The molecular weight excluding hydrogens is 500 g/mol. The number of benzene rings is 3. The molecule has 0 aliphatic carbocycles. The van der Waals surface area contributed by atoms with E-state index in [0.717, 1.165) is 28.3 Å². The summed E-state index contributed by atoms with van der Waals surface area (Å²) in [7, 11) is 0. The van der Waals surface area contributed by atoms with E-state index in [-0.39, 0.29) is 18.7 Å². The topological polar surface area (TPSA) is 69.6 Å². The number of hydrogen-bond acceptors (Lipinski definition) is 7. The molecule has 0 bridgehead atoms. The van der Waals surface area contributed by atoms with Crippen LogP contribution in [0.25, 0.3) is 6.08 Å². The third kappa shape index (κ3) is 5.65. The molecule has 0 atom stereocenters. The number of hydrogen-bond donors (Lipinski definition) is 0. The third-order valence-electron chi connectivity index (χ3n) is 6.01. The predicted octanol–water partition coefficient (Wildman–Crippen LogP) is 6.71. The van der Waals surface area contributed by atoms with Crippen LogP contribution in [0.15, 0.2) is 70.6 Å². The summed E-state index contributed by atoms with van der Waals surface area (Å²) in [6, 6.07) is 19.4. The largest absolute Gasteiger partial charge is 0.490 e. The van der Waals surface area contributed by atoms with E-state index in [1.54, 1.807) is 4.90 Å². The van der Waals surface area contributed by atoms with E-state index in [9.17, 15) is 4.79 Å². The second-order valence-electron chi connectivity index (χ2n) is 9.22. The molecule has 2 aliphatic rings. The minimum Gasteiger partial charge on any atom is -0.490 e. The van der Waals surface area contributed by atoms with Gasteiger partial charge in [-0.25, -0.2) is 4.99 Å². The fourth-order valence-corrected chi connectivity index (χ4v) is 5.22. The number of ether oxygens (including phenoxy) is 4. The number of fused-ring (bicyclic) bond motifs is 1. The zero-order valence-electron chi connectivity index (χ0n) is 21.9. The number of carbonyl (C=O) groups is 1. The van der Waals surface area contributed by atoms with Gasteiger partial charge in [-0.1, -0.05) is 29.8 Å². The minimum absolute atomic E-state index is 0.0176. The molecule has 0 saturated carbocycles. The highest BCUT2D eigenvalue weighted by atomic mass is 32.2. The normalized spacial score (nSPS) is 16.7. The van der Waals surface area contributed by atoms with Crippen LogP contribution in [-0.4, -0.2) is 35.4 Å². The number of aliphatic imine (C=N–C) groups is 1. The lowest BCUT2D eigenvalue weighted by Gasteiger charge is -2.19. The molecule has 1 amide bonds. The second-order valence-corrected chi connectivity index (χ2v) is 10.2. The van der Waals surface area contributed by atoms with Crippen molar-refractivity contribution in [3.8, 4) is 23.0 Å². The van der Waals surface area contributed by atoms with E-state index in [1.807, 2.05) is 94.4 Å². The Labute approximate surface area is 227 Å². The standard InChI is InChI=1S/C30H30N2O5S/c1-5-34-26-14-21(8-12-24(26)35-17-22-9-13-25-27(15-22)37-18-36-25)16-28-29(33)32(19(2)3)30(38-28)31-23-10-6-20(4)7-11-23/h6-16,19H,5,17-18H2,1-4H3/b28-16+,31-30?. The molecule has 2 aliphatic heterocycles. The number of nitrogens with zero attached hydrogens (tertiary/aromatic N) is 2. The highest BCUT2D eigenvalue weighted by Gasteiger charge is 2.35. The molecule has 0 aromatic heterocycles. The van der Waals surface area contributed by atoms with Crippen LogP contribution in [0.1, 0.15) is 37.5 Å². The summed E-state index contributed by atoms with van der Waals surface area (Å²) in [5, 5.41) is 0.675. The molecule has 2 heterocycles. The minimum atomic E-state index is -0.0584. The Bertz CT molecular complexity index is 1400. The Morgan fingerprint density at radius 2 is 1.79 bits per heavy atom. The van der Waals surface area contributed by atoms with E-state index in [4.69, 9.17) is 23.9 Å². The Morgan fingerprint density at radius 1 is 1.00 bits per heavy atom. The highest BCUT2D eigenvalue weighted by Crippen LogP contribution is 2.38. The summed E-state index contributed by atoms with van der Waals surface area (Å²) < 4.78 is 22.8. The first kappa shape index (κ1) is 25.7. The molecule has 7 nitrogen and oxygen atoms in total. The summed E-state index contributed by atoms with van der Waals surface area (Å²) in [4.78, 5) is 20.4. The summed E-state index contributed by atoms with van der Waals surface area (Å²) in [6.45, 7) is 9.03. The van der Waals surface area contributed by atoms with Crippen LogP contribution in [-0.2, 0) is 11.4 Å². The Hall–Kier alpha value is -3.91. The first-order valence-corrected chi connectivity index (χ1v) is 13.4. The molecule has 0 N–H and O–H groups in total. The molecule has 0 spiro atoms. The van der Waals surface area contributed by atoms with Gasteiger partial charge < -0.3 is 18.9 Å². The Kier molecular flexibility index (Phi) is 7.60. The lowest BCUT2D eigenvalue weighted by Crippen LogP contribution is -2.35. The fraction of sp³-hybridized carbons (Fsp3) is 0.267. The van der Waals surface area contributed by atoms with Crippen LogP contribution in [0.5, 0.6) is 23.0 Å². The lowest BCUT2D eigenvalue weighted by atomic mass is 10.1.